The van der Waals surface area contributed by atoms with Crippen molar-refractivity contribution in [3.63, 3.8) is 0 Å². The SMILES string of the molecule is CCOC(=O)c1c(C2C(=O)N(C)C(=O)N(C)C2=O)c(-c2ccccc2)n(Cc2ccccc2)c1C. The van der Waals surface area contributed by atoms with Crippen LogP contribution in [0.25, 0.3) is 11.3 Å². The molecule has 180 valence electrons. The van der Waals surface area contributed by atoms with Gasteiger partial charge >= 0.3 is 12.0 Å². The molecule has 1 saturated heterocycles. The Kier molecular flexibility index (Phi) is 6.55. The summed E-state index contributed by atoms with van der Waals surface area (Å²) in [5.74, 6) is -3.35. The van der Waals surface area contributed by atoms with Crippen molar-refractivity contribution in [3.8, 4) is 11.3 Å². The minimum Gasteiger partial charge on any atom is -0.462 e. The van der Waals surface area contributed by atoms with Gasteiger partial charge in [-0.3, -0.25) is 19.4 Å². The van der Waals surface area contributed by atoms with Crippen LogP contribution in [0.2, 0.25) is 0 Å². The van der Waals surface area contributed by atoms with Gasteiger partial charge in [0, 0.05) is 31.9 Å². The first-order valence-corrected chi connectivity index (χ1v) is 11.4. The maximum Gasteiger partial charge on any atom is 0.340 e. The Hall–Kier alpha value is -4.20. The monoisotopic (exact) mass is 473 g/mol. The van der Waals surface area contributed by atoms with Gasteiger partial charge in [0.1, 0.15) is 5.92 Å². The fourth-order valence-electron chi connectivity index (χ4n) is 4.53. The minimum absolute atomic E-state index is 0.132. The standard InChI is InChI=1S/C27H27N3O5/c1-5-35-26(33)20-17(2)30(16-18-12-8-6-9-13-18)23(19-14-10-7-11-15-19)21(20)22-24(31)28(3)27(34)29(4)25(22)32/h6-15,22H,5,16H2,1-4H3. The van der Waals surface area contributed by atoms with Crippen molar-refractivity contribution in [3.05, 3.63) is 83.0 Å². The predicted molar refractivity (Wildman–Crippen MR) is 130 cm³/mol. The lowest BCUT2D eigenvalue weighted by Gasteiger charge is -2.33. The van der Waals surface area contributed by atoms with E-state index in [1.807, 2.05) is 65.2 Å². The van der Waals surface area contributed by atoms with Crippen LogP contribution in [0.5, 0.6) is 0 Å². The second kappa shape index (κ2) is 9.58. The molecule has 2 heterocycles. The quantitative estimate of drug-likeness (QED) is 0.401. The van der Waals surface area contributed by atoms with E-state index < -0.39 is 29.7 Å². The number of benzene rings is 2. The number of ether oxygens (including phenoxy) is 1. The molecule has 0 saturated carbocycles. The lowest BCUT2D eigenvalue weighted by Crippen LogP contribution is -2.56. The van der Waals surface area contributed by atoms with Crippen molar-refractivity contribution in [2.45, 2.75) is 26.3 Å². The number of rotatable bonds is 6. The lowest BCUT2D eigenvalue weighted by atomic mass is 9.88. The highest BCUT2D eigenvalue weighted by molar-refractivity contribution is 6.20. The van der Waals surface area contributed by atoms with Gasteiger partial charge in [-0.15, -0.1) is 0 Å². The first-order chi connectivity index (χ1) is 16.8. The first kappa shape index (κ1) is 23.9. The van der Waals surface area contributed by atoms with Crippen LogP contribution in [0.1, 0.15) is 40.0 Å². The van der Waals surface area contributed by atoms with Gasteiger partial charge in [0.15, 0.2) is 0 Å². The van der Waals surface area contributed by atoms with E-state index in [0.717, 1.165) is 20.9 Å². The highest BCUT2D eigenvalue weighted by atomic mass is 16.5. The number of nitrogens with zero attached hydrogens (tertiary/aromatic N) is 3. The van der Waals surface area contributed by atoms with Gasteiger partial charge in [-0.05, 0) is 25.0 Å². The van der Waals surface area contributed by atoms with Crippen LogP contribution < -0.4 is 0 Å². The van der Waals surface area contributed by atoms with Crippen molar-refractivity contribution in [2.24, 2.45) is 0 Å². The lowest BCUT2D eigenvalue weighted by molar-refractivity contribution is -0.143. The summed E-state index contributed by atoms with van der Waals surface area (Å²) in [4.78, 5) is 54.3. The second-order valence-corrected chi connectivity index (χ2v) is 8.39. The molecule has 8 nitrogen and oxygen atoms in total. The average Bonchev–Trinajstić information content (AvgIpc) is 3.14. The molecule has 0 aliphatic carbocycles. The highest BCUT2D eigenvalue weighted by Gasteiger charge is 2.47. The molecule has 3 aromatic rings. The van der Waals surface area contributed by atoms with Gasteiger partial charge in [0.25, 0.3) is 0 Å². The molecular weight excluding hydrogens is 446 g/mol. The summed E-state index contributed by atoms with van der Waals surface area (Å²) in [6, 6.07) is 18.3. The zero-order valence-corrected chi connectivity index (χ0v) is 20.1. The fraction of sp³-hybridized carbons (Fsp3) is 0.259. The summed E-state index contributed by atoms with van der Waals surface area (Å²) in [5, 5.41) is 0. The third kappa shape index (κ3) is 4.12. The number of amides is 4. The molecular formula is C27H27N3O5. The maximum absolute atomic E-state index is 13.4. The molecule has 0 spiro atoms. The summed E-state index contributed by atoms with van der Waals surface area (Å²) < 4.78 is 7.30. The summed E-state index contributed by atoms with van der Waals surface area (Å²) in [7, 11) is 2.67. The number of aromatic nitrogens is 1. The Morgan fingerprint density at radius 2 is 1.43 bits per heavy atom. The molecule has 0 unspecified atom stereocenters. The summed E-state index contributed by atoms with van der Waals surface area (Å²) in [6.07, 6.45) is 0. The Bertz CT molecular complexity index is 1270. The van der Waals surface area contributed by atoms with E-state index in [2.05, 4.69) is 0 Å². The topological polar surface area (TPSA) is 88.9 Å². The van der Waals surface area contributed by atoms with Gasteiger partial charge in [-0.1, -0.05) is 60.7 Å². The van der Waals surface area contributed by atoms with E-state index in [1.54, 1.807) is 13.8 Å². The molecule has 8 heteroatoms. The van der Waals surface area contributed by atoms with Crippen molar-refractivity contribution in [1.82, 2.24) is 14.4 Å². The van der Waals surface area contributed by atoms with E-state index in [-0.39, 0.29) is 17.7 Å². The van der Waals surface area contributed by atoms with Crippen LogP contribution in [-0.4, -0.2) is 58.9 Å². The number of likely N-dealkylation sites (N-methyl/N-ethyl adjacent to an activating group) is 2. The minimum atomic E-state index is -1.37. The number of imide groups is 2. The number of urea groups is 1. The molecule has 1 fully saturated rings. The van der Waals surface area contributed by atoms with Crippen LogP contribution in [-0.2, 0) is 20.9 Å². The number of carbonyl (C=O) groups is 4. The van der Waals surface area contributed by atoms with Gasteiger partial charge in [-0.2, -0.15) is 0 Å². The van der Waals surface area contributed by atoms with Crippen LogP contribution in [0.4, 0.5) is 4.79 Å². The molecule has 4 amide bonds. The van der Waals surface area contributed by atoms with E-state index in [9.17, 15) is 19.2 Å². The third-order valence-corrected chi connectivity index (χ3v) is 6.29. The molecule has 1 aliphatic heterocycles. The summed E-state index contributed by atoms with van der Waals surface area (Å²) >= 11 is 0. The van der Waals surface area contributed by atoms with Crippen LogP contribution in [0.3, 0.4) is 0 Å². The van der Waals surface area contributed by atoms with E-state index in [1.165, 1.54) is 14.1 Å². The van der Waals surface area contributed by atoms with Gasteiger partial charge in [0.05, 0.1) is 17.9 Å². The molecule has 2 aromatic carbocycles. The van der Waals surface area contributed by atoms with E-state index in [0.29, 0.717) is 17.9 Å². The normalized spacial score (nSPS) is 14.6. The number of barbiturate groups is 1. The Balaban J connectivity index is 2.06. The fourth-order valence-corrected chi connectivity index (χ4v) is 4.53. The molecule has 35 heavy (non-hydrogen) atoms. The van der Waals surface area contributed by atoms with Crippen LogP contribution in [0.15, 0.2) is 60.7 Å². The zero-order valence-electron chi connectivity index (χ0n) is 20.1. The molecule has 0 N–H and O–H groups in total. The largest absolute Gasteiger partial charge is 0.462 e. The Morgan fingerprint density at radius 1 is 0.886 bits per heavy atom. The van der Waals surface area contributed by atoms with Crippen LogP contribution in [0, 0.1) is 6.92 Å². The molecule has 4 rings (SSSR count). The van der Waals surface area contributed by atoms with Crippen molar-refractivity contribution >= 4 is 23.8 Å². The molecule has 0 radical (unpaired) electrons. The van der Waals surface area contributed by atoms with E-state index in [4.69, 9.17) is 4.74 Å². The van der Waals surface area contributed by atoms with Gasteiger partial charge < -0.3 is 9.30 Å². The summed E-state index contributed by atoms with van der Waals surface area (Å²) in [5.41, 5.74) is 3.28. The highest BCUT2D eigenvalue weighted by Crippen LogP contribution is 2.40. The molecule has 0 atom stereocenters. The maximum atomic E-state index is 13.4. The Labute approximate surface area is 203 Å². The molecule has 0 bridgehead atoms. The number of hydrogen-bond donors (Lipinski definition) is 0. The van der Waals surface area contributed by atoms with Crippen molar-refractivity contribution in [1.29, 1.82) is 0 Å². The smallest absolute Gasteiger partial charge is 0.340 e. The van der Waals surface area contributed by atoms with E-state index >= 15 is 0 Å². The molecule has 1 aliphatic rings. The van der Waals surface area contributed by atoms with Crippen molar-refractivity contribution in [2.75, 3.05) is 20.7 Å². The molecule has 1 aromatic heterocycles. The Morgan fingerprint density at radius 3 is 1.97 bits per heavy atom. The van der Waals surface area contributed by atoms with Crippen LogP contribution >= 0.6 is 0 Å². The second-order valence-electron chi connectivity index (χ2n) is 8.39. The average molecular weight is 474 g/mol. The number of hydrogen-bond acceptors (Lipinski definition) is 5. The third-order valence-electron chi connectivity index (χ3n) is 6.29. The summed E-state index contributed by atoms with van der Waals surface area (Å²) in [6.45, 7) is 4.01. The number of carbonyl (C=O) groups excluding carboxylic acids is 4. The first-order valence-electron chi connectivity index (χ1n) is 11.4. The predicted octanol–water partition coefficient (Wildman–Crippen LogP) is 3.82. The zero-order chi connectivity index (χ0) is 25.3. The van der Waals surface area contributed by atoms with Gasteiger partial charge in [0.2, 0.25) is 11.8 Å². The number of esters is 1. The van der Waals surface area contributed by atoms with Gasteiger partial charge in [-0.25, -0.2) is 9.59 Å². The van der Waals surface area contributed by atoms with Crippen molar-refractivity contribution < 1.29 is 23.9 Å².